The van der Waals surface area contributed by atoms with Crippen LogP contribution in [0.4, 0.5) is 4.79 Å². The molecule has 2 heterocycles. The van der Waals surface area contributed by atoms with Crippen molar-refractivity contribution in [3.8, 4) is 11.8 Å². The summed E-state index contributed by atoms with van der Waals surface area (Å²) in [5, 5.41) is 12.0. The van der Waals surface area contributed by atoms with E-state index in [2.05, 4.69) is 21.2 Å². The summed E-state index contributed by atoms with van der Waals surface area (Å²) in [6, 6.07) is 18.3. The number of carbonyl (C=O) groups is 2. The highest BCUT2D eigenvalue weighted by molar-refractivity contribution is 5.78. The molecule has 38 heavy (non-hydrogen) atoms. The fourth-order valence-electron chi connectivity index (χ4n) is 4.98. The number of rotatable bonds is 11. The van der Waals surface area contributed by atoms with Crippen LogP contribution in [0.5, 0.6) is 5.75 Å². The van der Waals surface area contributed by atoms with Gasteiger partial charge < -0.3 is 25.4 Å². The van der Waals surface area contributed by atoms with Crippen LogP contribution in [-0.4, -0.2) is 97.8 Å². The number of carbonyl (C=O) groups excluding carboxylic acids is 2. The molecule has 2 bridgehead atoms. The van der Waals surface area contributed by atoms with Gasteiger partial charge in [-0.15, -0.1) is 0 Å². The van der Waals surface area contributed by atoms with Crippen LogP contribution in [0.15, 0.2) is 54.6 Å². The van der Waals surface area contributed by atoms with Gasteiger partial charge in [-0.2, -0.15) is 5.26 Å². The average Bonchev–Trinajstić information content (AvgIpc) is 2.90. The third-order valence-electron chi connectivity index (χ3n) is 6.89. The Hall–Kier alpha value is -3.65. The van der Waals surface area contributed by atoms with Crippen molar-refractivity contribution in [2.24, 2.45) is 5.73 Å². The number of nitrogens with zero attached hydrogens (tertiary/aromatic N) is 4. The molecule has 2 aliphatic heterocycles. The first-order valence-electron chi connectivity index (χ1n) is 13.0. The lowest BCUT2D eigenvalue weighted by molar-refractivity contribution is -0.145. The van der Waals surface area contributed by atoms with Crippen molar-refractivity contribution in [3.05, 3.63) is 65.7 Å². The van der Waals surface area contributed by atoms with Crippen LogP contribution in [0.3, 0.4) is 0 Å². The molecular formula is C28H36N6O4. The summed E-state index contributed by atoms with van der Waals surface area (Å²) in [6.07, 6.45) is 0.0344. The minimum Gasteiger partial charge on any atom is -0.492 e. The number of nitrogens with one attached hydrogen (secondary N) is 1. The van der Waals surface area contributed by atoms with E-state index in [9.17, 15) is 9.59 Å². The lowest BCUT2D eigenvalue weighted by Crippen LogP contribution is -2.61. The minimum absolute atomic E-state index is 0.0125. The van der Waals surface area contributed by atoms with Crippen molar-refractivity contribution in [1.29, 1.82) is 5.26 Å². The van der Waals surface area contributed by atoms with Crippen LogP contribution >= 0.6 is 0 Å². The Bertz CT molecular complexity index is 1090. The van der Waals surface area contributed by atoms with E-state index in [1.807, 2.05) is 37.3 Å². The van der Waals surface area contributed by atoms with Gasteiger partial charge in [0.15, 0.2) is 0 Å². The number of ether oxygens (including phenoxy) is 2. The van der Waals surface area contributed by atoms with E-state index < -0.39 is 6.03 Å². The van der Waals surface area contributed by atoms with E-state index in [1.165, 1.54) is 0 Å². The molecule has 202 valence electrons. The molecule has 0 saturated carbocycles. The molecule has 2 saturated heterocycles. The zero-order valence-electron chi connectivity index (χ0n) is 21.8. The molecule has 10 heteroatoms. The van der Waals surface area contributed by atoms with Gasteiger partial charge in [0.2, 0.25) is 5.91 Å². The number of hydrogen-bond donors (Lipinski definition) is 2. The Morgan fingerprint density at radius 1 is 1.08 bits per heavy atom. The number of morpholine rings is 2. The Labute approximate surface area is 223 Å². The number of urea groups is 1. The summed E-state index contributed by atoms with van der Waals surface area (Å²) in [5.41, 5.74) is 7.25. The maximum absolute atomic E-state index is 12.6. The fraction of sp³-hybridized carbons (Fsp3) is 0.464. The van der Waals surface area contributed by atoms with Gasteiger partial charge in [-0.05, 0) is 36.8 Å². The monoisotopic (exact) mass is 520 g/mol. The third-order valence-corrected chi connectivity index (χ3v) is 6.89. The second-order valence-electron chi connectivity index (χ2n) is 9.84. The summed E-state index contributed by atoms with van der Waals surface area (Å²) < 4.78 is 11.8. The SMILES string of the molecule is CC(NC(=O)CN1CC2CN(CCN(CCOc3ccc(C#N)cc3)C(N)=O)CC(C1)O2)c1ccccc1. The average molecular weight is 521 g/mol. The van der Waals surface area contributed by atoms with Gasteiger partial charge in [0, 0.05) is 39.3 Å². The zero-order valence-corrected chi connectivity index (χ0v) is 21.8. The van der Waals surface area contributed by atoms with Gasteiger partial charge in [0.1, 0.15) is 12.4 Å². The lowest BCUT2D eigenvalue weighted by Gasteiger charge is -2.46. The van der Waals surface area contributed by atoms with Crippen molar-refractivity contribution >= 4 is 11.9 Å². The molecule has 2 fully saturated rings. The van der Waals surface area contributed by atoms with Crippen molar-refractivity contribution < 1.29 is 19.1 Å². The summed E-state index contributed by atoms with van der Waals surface area (Å²) in [5.74, 6) is 0.653. The van der Waals surface area contributed by atoms with Gasteiger partial charge in [-0.1, -0.05) is 30.3 Å². The number of hydrogen-bond acceptors (Lipinski definition) is 7. The first-order valence-corrected chi connectivity index (χ1v) is 13.0. The number of fused-ring (bicyclic) bond motifs is 2. The Morgan fingerprint density at radius 3 is 2.37 bits per heavy atom. The van der Waals surface area contributed by atoms with Gasteiger partial charge in [-0.25, -0.2) is 4.79 Å². The molecule has 3 unspecified atom stereocenters. The quantitative estimate of drug-likeness (QED) is 0.461. The molecule has 2 aromatic rings. The maximum atomic E-state index is 12.6. The molecule has 0 radical (unpaired) electrons. The fourth-order valence-corrected chi connectivity index (χ4v) is 4.98. The molecule has 2 aliphatic rings. The molecule has 3 atom stereocenters. The van der Waals surface area contributed by atoms with E-state index in [0.717, 1.165) is 18.7 Å². The predicted molar refractivity (Wildman–Crippen MR) is 142 cm³/mol. The Balaban J connectivity index is 1.18. The topological polar surface area (TPSA) is 124 Å². The van der Waals surface area contributed by atoms with Gasteiger partial charge in [0.05, 0.1) is 43.0 Å². The Kier molecular flexibility index (Phi) is 9.54. The molecule has 3 amide bonds. The lowest BCUT2D eigenvalue weighted by atomic mass is 10.1. The molecule has 10 nitrogen and oxygen atoms in total. The van der Waals surface area contributed by atoms with Crippen LogP contribution in [-0.2, 0) is 9.53 Å². The summed E-state index contributed by atoms with van der Waals surface area (Å²) in [7, 11) is 0. The highest BCUT2D eigenvalue weighted by Gasteiger charge is 2.35. The number of nitrogens with two attached hydrogens (primary N) is 1. The molecule has 2 aromatic carbocycles. The second-order valence-corrected chi connectivity index (χ2v) is 9.84. The number of primary amides is 1. The predicted octanol–water partition coefficient (Wildman–Crippen LogP) is 1.58. The van der Waals surface area contributed by atoms with Crippen LogP contribution in [0.1, 0.15) is 24.1 Å². The summed E-state index contributed by atoms with van der Waals surface area (Å²) in [4.78, 5) is 30.7. The van der Waals surface area contributed by atoms with E-state index >= 15 is 0 Å². The van der Waals surface area contributed by atoms with Crippen LogP contribution in [0.25, 0.3) is 0 Å². The molecule has 0 aromatic heterocycles. The first kappa shape index (κ1) is 27.4. The van der Waals surface area contributed by atoms with Crippen molar-refractivity contribution in [2.45, 2.75) is 25.2 Å². The highest BCUT2D eigenvalue weighted by Crippen LogP contribution is 2.19. The number of nitriles is 1. The summed E-state index contributed by atoms with van der Waals surface area (Å²) in [6.45, 7) is 7.07. The van der Waals surface area contributed by atoms with Crippen LogP contribution in [0, 0.1) is 11.3 Å². The molecular weight excluding hydrogens is 484 g/mol. The van der Waals surface area contributed by atoms with Gasteiger partial charge in [-0.3, -0.25) is 14.6 Å². The van der Waals surface area contributed by atoms with Gasteiger partial charge in [0.25, 0.3) is 0 Å². The normalized spacial score (nSPS) is 20.2. The van der Waals surface area contributed by atoms with Crippen molar-refractivity contribution in [3.63, 3.8) is 0 Å². The van der Waals surface area contributed by atoms with Crippen molar-refractivity contribution in [2.75, 3.05) is 59.0 Å². The van der Waals surface area contributed by atoms with Gasteiger partial charge >= 0.3 is 6.03 Å². The number of benzene rings is 2. The standard InChI is InChI=1S/C28H36N6O4/c1-21(23-5-3-2-4-6-23)31-27(35)20-33-18-25-16-32(17-26(19-33)38-25)11-12-34(28(30)36)13-14-37-24-9-7-22(15-29)8-10-24/h2-10,21,25-26H,11-14,16-20H2,1H3,(H2,30,36)(H,31,35). The molecule has 0 aliphatic carbocycles. The second kappa shape index (κ2) is 13.2. The van der Waals surface area contributed by atoms with Crippen LogP contribution in [0.2, 0.25) is 0 Å². The Morgan fingerprint density at radius 2 is 1.74 bits per heavy atom. The largest absolute Gasteiger partial charge is 0.492 e. The number of amides is 3. The minimum atomic E-state index is -0.483. The van der Waals surface area contributed by atoms with E-state index in [0.29, 0.717) is 57.2 Å². The summed E-state index contributed by atoms with van der Waals surface area (Å²) >= 11 is 0. The zero-order chi connectivity index (χ0) is 26.9. The molecule has 3 N–H and O–H groups in total. The maximum Gasteiger partial charge on any atom is 0.314 e. The third kappa shape index (κ3) is 7.92. The van der Waals surface area contributed by atoms with Crippen molar-refractivity contribution in [1.82, 2.24) is 20.0 Å². The van der Waals surface area contributed by atoms with Crippen LogP contribution < -0.4 is 15.8 Å². The first-order chi connectivity index (χ1) is 18.4. The molecule has 4 rings (SSSR count). The highest BCUT2D eigenvalue weighted by atomic mass is 16.5. The van der Waals surface area contributed by atoms with E-state index in [1.54, 1.807) is 29.2 Å². The van der Waals surface area contributed by atoms with E-state index in [4.69, 9.17) is 20.5 Å². The molecule has 0 spiro atoms. The smallest absolute Gasteiger partial charge is 0.314 e. The van der Waals surface area contributed by atoms with E-state index in [-0.39, 0.29) is 24.2 Å².